The highest BCUT2D eigenvalue weighted by molar-refractivity contribution is 5.91. The molecule has 11 nitrogen and oxygen atoms in total. The lowest BCUT2D eigenvalue weighted by molar-refractivity contribution is -0.165. The van der Waals surface area contributed by atoms with Crippen molar-refractivity contribution < 1.29 is 34.8 Å². The van der Waals surface area contributed by atoms with Crippen LogP contribution in [0.4, 0.5) is 0 Å². The molecule has 1 saturated heterocycles. The van der Waals surface area contributed by atoms with E-state index in [9.17, 15) is 14.4 Å². The fraction of sp³-hybridized carbons (Fsp3) is 0.371. The van der Waals surface area contributed by atoms with E-state index in [1.165, 1.54) is 11.1 Å². The second kappa shape index (κ2) is 18.5. The molecule has 0 aliphatic carbocycles. The van der Waals surface area contributed by atoms with Crippen LogP contribution in [0.5, 0.6) is 0 Å². The van der Waals surface area contributed by atoms with Gasteiger partial charge in [-0.15, -0.1) is 0 Å². The van der Waals surface area contributed by atoms with E-state index >= 15 is 0 Å². The lowest BCUT2D eigenvalue weighted by Crippen LogP contribution is -2.48. The molecule has 1 fully saturated rings. The highest BCUT2D eigenvalue weighted by atomic mass is 16.4. The van der Waals surface area contributed by atoms with Gasteiger partial charge in [-0.2, -0.15) is 0 Å². The summed E-state index contributed by atoms with van der Waals surface area (Å²) in [6, 6.07) is 26.0. The van der Waals surface area contributed by atoms with Crippen LogP contribution in [-0.4, -0.2) is 105 Å². The van der Waals surface area contributed by atoms with Crippen LogP contribution in [0.25, 0.3) is 6.08 Å². The molecule has 0 radical (unpaired) electrons. The minimum atomic E-state index is -2.27. The van der Waals surface area contributed by atoms with Crippen LogP contribution < -0.4 is 5.32 Å². The molecule has 0 spiro atoms. The lowest BCUT2D eigenvalue weighted by Gasteiger charge is -2.39. The van der Waals surface area contributed by atoms with Crippen molar-refractivity contribution in [2.24, 2.45) is 0 Å². The molecule has 2 heterocycles. The highest BCUT2D eigenvalue weighted by Gasteiger charge is 2.29. The molecular formula is C35H44N4O7. The van der Waals surface area contributed by atoms with Gasteiger partial charge in [0.2, 0.25) is 5.91 Å². The zero-order valence-electron chi connectivity index (χ0n) is 26.3. The van der Waals surface area contributed by atoms with E-state index in [0.717, 1.165) is 62.5 Å². The number of aliphatic carboxylic acids is 2. The number of piperazine rings is 1. The van der Waals surface area contributed by atoms with E-state index < -0.39 is 24.1 Å². The Labute approximate surface area is 269 Å². The third kappa shape index (κ3) is 11.5. The number of carbonyl (C=O) groups excluding carboxylic acids is 1. The Morgan fingerprint density at radius 3 is 1.85 bits per heavy atom. The van der Waals surface area contributed by atoms with E-state index in [2.05, 4.69) is 80.8 Å². The van der Waals surface area contributed by atoms with Gasteiger partial charge in [-0.05, 0) is 62.1 Å². The van der Waals surface area contributed by atoms with E-state index in [1.807, 2.05) is 32.1 Å². The van der Waals surface area contributed by atoms with Gasteiger partial charge in [0, 0.05) is 50.2 Å². The summed E-state index contributed by atoms with van der Waals surface area (Å²) in [5, 5.41) is 35.5. The number of aromatic nitrogens is 1. The third-order valence-corrected chi connectivity index (χ3v) is 7.69. The number of carbonyl (C=O) groups is 3. The maximum atomic E-state index is 12.2. The standard InChI is InChI=1S/C31H38N4O.C4H6O6/c1-25-15-16-27(26(2)33-25)17-18-30(36)32-19-9-10-20-34-21-23-35(24-22-34)31(28-11-5-3-6-12-28)29-13-7-4-8-14-29;5-1(3(7)8)2(6)4(9)10/h3-8,11-18,31H,9-10,19-24H2,1-2H3,(H,32,36);1-2,5-6H,(H,7,8)(H,9,10)/b18-17+;. The van der Waals surface area contributed by atoms with Gasteiger partial charge in [-0.25, -0.2) is 9.59 Å². The molecule has 4 rings (SSSR count). The number of carboxylic acids is 2. The summed E-state index contributed by atoms with van der Waals surface area (Å²) in [4.78, 5) is 41.3. The van der Waals surface area contributed by atoms with Gasteiger partial charge >= 0.3 is 11.9 Å². The topological polar surface area (TPSA) is 164 Å². The average Bonchev–Trinajstić information content (AvgIpc) is 3.05. The minimum Gasteiger partial charge on any atom is -0.479 e. The van der Waals surface area contributed by atoms with Crippen molar-refractivity contribution >= 4 is 23.9 Å². The number of aryl methyl sites for hydroxylation is 2. The van der Waals surface area contributed by atoms with Crippen LogP contribution in [0.2, 0.25) is 0 Å². The summed E-state index contributed by atoms with van der Waals surface area (Å²) in [5.74, 6) is -3.58. The molecule has 2 aromatic carbocycles. The summed E-state index contributed by atoms with van der Waals surface area (Å²) >= 11 is 0. The number of nitrogens with zero attached hydrogens (tertiary/aromatic N) is 3. The van der Waals surface area contributed by atoms with Crippen LogP contribution in [0.15, 0.2) is 78.9 Å². The number of rotatable bonds is 13. The molecule has 1 aliphatic heterocycles. The fourth-order valence-corrected chi connectivity index (χ4v) is 5.17. The summed E-state index contributed by atoms with van der Waals surface area (Å²) < 4.78 is 0. The Morgan fingerprint density at radius 2 is 1.35 bits per heavy atom. The van der Waals surface area contributed by atoms with Crippen LogP contribution >= 0.6 is 0 Å². The van der Waals surface area contributed by atoms with Gasteiger partial charge < -0.3 is 30.6 Å². The Bertz CT molecular complexity index is 1370. The molecule has 11 heteroatoms. The summed E-state index contributed by atoms with van der Waals surface area (Å²) in [6.45, 7) is 10.00. The first-order chi connectivity index (χ1) is 22.1. The quantitative estimate of drug-likeness (QED) is 0.140. The van der Waals surface area contributed by atoms with Crippen molar-refractivity contribution in [3.63, 3.8) is 0 Å². The van der Waals surface area contributed by atoms with Crippen molar-refractivity contribution in [2.75, 3.05) is 39.3 Å². The molecule has 1 amide bonds. The lowest BCUT2D eigenvalue weighted by atomic mass is 9.96. The van der Waals surface area contributed by atoms with Gasteiger partial charge in [0.05, 0.1) is 6.04 Å². The van der Waals surface area contributed by atoms with Gasteiger partial charge in [-0.3, -0.25) is 14.7 Å². The van der Waals surface area contributed by atoms with Crippen LogP contribution in [-0.2, 0) is 14.4 Å². The molecular weight excluding hydrogens is 588 g/mol. The van der Waals surface area contributed by atoms with Crippen molar-refractivity contribution in [1.29, 1.82) is 0 Å². The predicted octanol–water partition coefficient (Wildman–Crippen LogP) is 2.89. The van der Waals surface area contributed by atoms with E-state index in [4.69, 9.17) is 20.4 Å². The van der Waals surface area contributed by atoms with Crippen molar-refractivity contribution in [3.05, 3.63) is 107 Å². The monoisotopic (exact) mass is 632 g/mol. The Balaban J connectivity index is 0.000000498. The normalized spacial score (nSPS) is 15.2. The predicted molar refractivity (Wildman–Crippen MR) is 175 cm³/mol. The fourth-order valence-electron chi connectivity index (χ4n) is 5.17. The van der Waals surface area contributed by atoms with Crippen molar-refractivity contribution in [3.8, 4) is 0 Å². The number of amides is 1. The molecule has 1 aromatic heterocycles. The van der Waals surface area contributed by atoms with E-state index in [1.54, 1.807) is 6.08 Å². The van der Waals surface area contributed by atoms with Crippen LogP contribution in [0, 0.1) is 13.8 Å². The number of hydrogen-bond donors (Lipinski definition) is 5. The Hall–Kier alpha value is -4.42. The van der Waals surface area contributed by atoms with E-state index in [-0.39, 0.29) is 5.91 Å². The Morgan fingerprint density at radius 1 is 0.804 bits per heavy atom. The van der Waals surface area contributed by atoms with Gasteiger partial charge in [0.1, 0.15) is 0 Å². The molecule has 1 aliphatic rings. The second-order valence-corrected chi connectivity index (χ2v) is 11.1. The van der Waals surface area contributed by atoms with Crippen molar-refractivity contribution in [1.82, 2.24) is 20.1 Å². The smallest absolute Gasteiger partial charge is 0.335 e. The molecule has 46 heavy (non-hydrogen) atoms. The zero-order chi connectivity index (χ0) is 33.5. The summed E-state index contributed by atoms with van der Waals surface area (Å²) in [6.07, 6.45) is 0.992. The number of aliphatic hydroxyl groups is 2. The average molecular weight is 633 g/mol. The molecule has 2 atom stereocenters. The maximum absolute atomic E-state index is 12.2. The number of nitrogens with one attached hydrogen (secondary N) is 1. The SMILES string of the molecule is Cc1ccc(/C=C/C(=O)NCCCCN2CCN(C(c3ccccc3)c3ccccc3)CC2)c(C)n1.O=C(O)C(O)C(O)C(=O)O. The first kappa shape index (κ1) is 36.1. The number of unbranched alkanes of at least 4 members (excludes halogenated alkanes) is 1. The van der Waals surface area contributed by atoms with Crippen LogP contribution in [0.1, 0.15) is 47.0 Å². The van der Waals surface area contributed by atoms with Gasteiger partial charge in [0.25, 0.3) is 0 Å². The molecule has 5 N–H and O–H groups in total. The molecule has 0 saturated carbocycles. The number of benzene rings is 2. The number of carboxylic acid groups (broad SMARTS) is 2. The largest absolute Gasteiger partial charge is 0.479 e. The van der Waals surface area contributed by atoms with E-state index in [0.29, 0.717) is 12.6 Å². The first-order valence-electron chi connectivity index (χ1n) is 15.3. The van der Waals surface area contributed by atoms with Gasteiger partial charge in [-0.1, -0.05) is 66.7 Å². The highest BCUT2D eigenvalue weighted by Crippen LogP contribution is 2.29. The maximum Gasteiger partial charge on any atom is 0.335 e. The first-order valence-corrected chi connectivity index (χ1v) is 15.3. The molecule has 2 unspecified atom stereocenters. The molecule has 246 valence electrons. The number of hydrogen-bond acceptors (Lipinski definition) is 8. The molecule has 3 aromatic rings. The third-order valence-electron chi connectivity index (χ3n) is 7.69. The number of pyridine rings is 1. The minimum absolute atomic E-state index is 0.0449. The van der Waals surface area contributed by atoms with Crippen LogP contribution in [0.3, 0.4) is 0 Å². The van der Waals surface area contributed by atoms with Gasteiger partial charge in [0.15, 0.2) is 12.2 Å². The zero-order valence-corrected chi connectivity index (χ0v) is 26.3. The summed E-state index contributed by atoms with van der Waals surface area (Å²) in [5.41, 5.74) is 5.63. The summed E-state index contributed by atoms with van der Waals surface area (Å²) in [7, 11) is 0. The number of aliphatic hydroxyl groups excluding tert-OH is 2. The molecule has 0 bridgehead atoms. The Kier molecular flexibility index (Phi) is 14.5. The van der Waals surface area contributed by atoms with Crippen molar-refractivity contribution in [2.45, 2.75) is 44.9 Å². The second-order valence-electron chi connectivity index (χ2n) is 11.1.